The second-order valence-electron chi connectivity index (χ2n) is 4.08. The second-order valence-corrected chi connectivity index (χ2v) is 6.59. The van der Waals surface area contributed by atoms with Crippen molar-refractivity contribution in [2.45, 2.75) is 51.1 Å². The molecule has 0 saturated heterocycles. The number of aryl methyl sites for hydroxylation is 1. The van der Waals surface area contributed by atoms with Gasteiger partial charge in [-0.3, -0.25) is 0 Å². The van der Waals surface area contributed by atoms with Crippen LogP contribution in [0.3, 0.4) is 0 Å². The number of hydrogen-bond donors (Lipinski definition) is 0. The van der Waals surface area contributed by atoms with Gasteiger partial charge in [0.1, 0.15) is 5.82 Å². The van der Waals surface area contributed by atoms with E-state index in [0.717, 1.165) is 25.2 Å². The summed E-state index contributed by atoms with van der Waals surface area (Å²) in [6.45, 7) is 6.83. The van der Waals surface area contributed by atoms with E-state index in [1.807, 2.05) is 18.4 Å². The topological polar surface area (TPSA) is 52.0 Å². The third-order valence-corrected chi connectivity index (χ3v) is 3.47. The van der Waals surface area contributed by atoms with Crippen molar-refractivity contribution in [1.82, 2.24) is 9.55 Å². The summed E-state index contributed by atoms with van der Waals surface area (Å²) in [6.07, 6.45) is 3.57. The number of rotatable bonds is 5. The molecule has 0 N–H and O–H groups in total. The molecule has 0 radical (unpaired) electrons. The molecule has 92 valence electrons. The molecule has 1 rings (SSSR count). The lowest BCUT2D eigenvalue weighted by Gasteiger charge is -2.08. The average molecular weight is 265 g/mol. The van der Waals surface area contributed by atoms with Gasteiger partial charge in [-0.15, -0.1) is 0 Å². The highest BCUT2D eigenvalue weighted by Crippen LogP contribution is 2.20. The molecule has 0 saturated carbocycles. The van der Waals surface area contributed by atoms with Crippen LogP contribution in [0.1, 0.15) is 45.4 Å². The molecule has 16 heavy (non-hydrogen) atoms. The zero-order chi connectivity index (χ0) is 12.3. The largest absolute Gasteiger partial charge is 0.333 e. The van der Waals surface area contributed by atoms with Gasteiger partial charge in [0.2, 0.25) is 0 Å². The Morgan fingerprint density at radius 2 is 2.12 bits per heavy atom. The fraction of sp³-hybridized carbons (Fsp3) is 0.700. The first-order chi connectivity index (χ1) is 7.36. The van der Waals surface area contributed by atoms with Gasteiger partial charge in [-0.2, -0.15) is 0 Å². The van der Waals surface area contributed by atoms with Gasteiger partial charge in [-0.05, 0) is 6.42 Å². The Labute approximate surface area is 101 Å². The van der Waals surface area contributed by atoms with Crippen LogP contribution >= 0.6 is 10.7 Å². The number of halogens is 1. The summed E-state index contributed by atoms with van der Waals surface area (Å²) in [4.78, 5) is 4.08. The average Bonchev–Trinajstić information content (AvgIpc) is 2.57. The van der Waals surface area contributed by atoms with Crippen molar-refractivity contribution in [3.63, 3.8) is 0 Å². The summed E-state index contributed by atoms with van der Waals surface area (Å²) in [5, 5.41) is -0.0473. The minimum absolute atomic E-state index is 0.0473. The van der Waals surface area contributed by atoms with Gasteiger partial charge in [0, 0.05) is 29.3 Å². The first-order valence-corrected chi connectivity index (χ1v) is 7.69. The van der Waals surface area contributed by atoms with Crippen molar-refractivity contribution in [2.24, 2.45) is 0 Å². The van der Waals surface area contributed by atoms with E-state index in [1.54, 1.807) is 0 Å². The molecule has 0 fully saturated rings. The molecule has 0 aliphatic rings. The Hall–Kier alpha value is -0.550. The quantitative estimate of drug-likeness (QED) is 0.769. The molecule has 0 aliphatic carbocycles. The molecule has 1 aromatic heterocycles. The standard InChI is InChI=1S/C10H17ClN2O2S/c1-4-5-6-13-7-9(16(11,14)15)12-10(13)8(2)3/h7-8H,4-6H2,1-3H3. The zero-order valence-electron chi connectivity index (χ0n) is 9.77. The molecule has 0 spiro atoms. The fourth-order valence-corrected chi connectivity index (χ4v) is 2.17. The number of aromatic nitrogens is 2. The molecule has 0 unspecified atom stereocenters. The van der Waals surface area contributed by atoms with E-state index < -0.39 is 9.05 Å². The van der Waals surface area contributed by atoms with Crippen LogP contribution in [0.4, 0.5) is 0 Å². The van der Waals surface area contributed by atoms with Gasteiger partial charge in [-0.1, -0.05) is 27.2 Å². The Kier molecular flexibility index (Phi) is 4.38. The SMILES string of the molecule is CCCCn1cc(S(=O)(=O)Cl)nc1C(C)C. The van der Waals surface area contributed by atoms with Gasteiger partial charge < -0.3 is 4.57 Å². The van der Waals surface area contributed by atoms with Gasteiger partial charge in [0.15, 0.2) is 5.03 Å². The van der Waals surface area contributed by atoms with Crippen LogP contribution in [0, 0.1) is 0 Å². The third-order valence-electron chi connectivity index (χ3n) is 2.30. The summed E-state index contributed by atoms with van der Waals surface area (Å²) < 4.78 is 24.2. The minimum Gasteiger partial charge on any atom is -0.333 e. The van der Waals surface area contributed by atoms with Crippen molar-refractivity contribution < 1.29 is 8.42 Å². The molecule has 0 atom stereocenters. The lowest BCUT2D eigenvalue weighted by molar-refractivity contribution is 0.583. The molecule has 0 amide bonds. The van der Waals surface area contributed by atoms with Gasteiger partial charge in [0.05, 0.1) is 0 Å². The second kappa shape index (κ2) is 5.19. The highest BCUT2D eigenvalue weighted by atomic mass is 35.7. The predicted molar refractivity (Wildman–Crippen MR) is 64.3 cm³/mol. The van der Waals surface area contributed by atoms with Crippen LogP contribution in [0.2, 0.25) is 0 Å². The molecule has 0 aromatic carbocycles. The maximum absolute atomic E-state index is 11.2. The highest BCUT2D eigenvalue weighted by molar-refractivity contribution is 8.13. The zero-order valence-corrected chi connectivity index (χ0v) is 11.3. The highest BCUT2D eigenvalue weighted by Gasteiger charge is 2.19. The summed E-state index contributed by atoms with van der Waals surface area (Å²) in [5.74, 6) is 0.955. The van der Waals surface area contributed by atoms with Gasteiger partial charge >= 0.3 is 0 Å². The first kappa shape index (κ1) is 13.5. The number of nitrogens with zero attached hydrogens (tertiary/aromatic N) is 2. The van der Waals surface area contributed by atoms with E-state index in [-0.39, 0.29) is 10.9 Å². The van der Waals surface area contributed by atoms with E-state index in [4.69, 9.17) is 10.7 Å². The van der Waals surface area contributed by atoms with Gasteiger partial charge in [-0.25, -0.2) is 13.4 Å². The maximum Gasteiger partial charge on any atom is 0.280 e. The van der Waals surface area contributed by atoms with E-state index in [9.17, 15) is 8.42 Å². The van der Waals surface area contributed by atoms with Crippen LogP contribution in [0.5, 0.6) is 0 Å². The van der Waals surface area contributed by atoms with E-state index in [1.165, 1.54) is 6.20 Å². The van der Waals surface area contributed by atoms with Crippen LogP contribution in [0.15, 0.2) is 11.2 Å². The normalized spacial score (nSPS) is 12.3. The molecule has 0 aliphatic heterocycles. The fourth-order valence-electron chi connectivity index (χ4n) is 1.49. The Morgan fingerprint density at radius 3 is 2.56 bits per heavy atom. The summed E-state index contributed by atoms with van der Waals surface area (Å²) >= 11 is 0. The Bertz CT molecular complexity index is 451. The van der Waals surface area contributed by atoms with Crippen molar-refractivity contribution in [2.75, 3.05) is 0 Å². The van der Waals surface area contributed by atoms with Crippen molar-refractivity contribution >= 4 is 19.7 Å². The first-order valence-electron chi connectivity index (χ1n) is 5.38. The summed E-state index contributed by atoms with van der Waals surface area (Å²) in [7, 11) is 1.56. The Morgan fingerprint density at radius 1 is 1.50 bits per heavy atom. The van der Waals surface area contributed by atoms with E-state index >= 15 is 0 Å². The number of imidazole rings is 1. The third kappa shape index (κ3) is 3.22. The monoisotopic (exact) mass is 264 g/mol. The smallest absolute Gasteiger partial charge is 0.280 e. The van der Waals surface area contributed by atoms with Crippen LogP contribution in [0.25, 0.3) is 0 Å². The molecule has 6 heteroatoms. The molecule has 1 heterocycles. The summed E-state index contributed by atoms with van der Waals surface area (Å²) in [5.41, 5.74) is 0. The lowest BCUT2D eigenvalue weighted by Crippen LogP contribution is -2.04. The molecule has 1 aromatic rings. The van der Waals surface area contributed by atoms with Gasteiger partial charge in [0.25, 0.3) is 9.05 Å². The lowest BCUT2D eigenvalue weighted by atomic mass is 10.2. The van der Waals surface area contributed by atoms with Crippen molar-refractivity contribution in [1.29, 1.82) is 0 Å². The van der Waals surface area contributed by atoms with Crippen LogP contribution in [-0.2, 0) is 15.6 Å². The maximum atomic E-state index is 11.2. The van der Waals surface area contributed by atoms with Crippen molar-refractivity contribution in [3.05, 3.63) is 12.0 Å². The minimum atomic E-state index is -3.72. The van der Waals surface area contributed by atoms with E-state index in [2.05, 4.69) is 11.9 Å². The summed E-state index contributed by atoms with van der Waals surface area (Å²) in [6, 6.07) is 0. The van der Waals surface area contributed by atoms with Crippen LogP contribution in [-0.4, -0.2) is 18.0 Å². The number of unbranched alkanes of at least 4 members (excludes halogenated alkanes) is 1. The van der Waals surface area contributed by atoms with E-state index in [0.29, 0.717) is 0 Å². The molecule has 0 bridgehead atoms. The Balaban J connectivity index is 3.10. The predicted octanol–water partition coefficient (Wildman–Crippen LogP) is 2.73. The van der Waals surface area contributed by atoms with Crippen molar-refractivity contribution in [3.8, 4) is 0 Å². The van der Waals surface area contributed by atoms with Crippen LogP contribution < -0.4 is 0 Å². The molecule has 4 nitrogen and oxygen atoms in total. The molecular formula is C10H17ClN2O2S. The molecular weight excluding hydrogens is 248 g/mol. The number of hydrogen-bond acceptors (Lipinski definition) is 3.